The Labute approximate surface area is 167 Å². The summed E-state index contributed by atoms with van der Waals surface area (Å²) in [7, 11) is 0. The Balaban J connectivity index is 0.00000280. The highest BCUT2D eigenvalue weighted by Gasteiger charge is 2.31. The van der Waals surface area contributed by atoms with Crippen LogP contribution in [0.3, 0.4) is 0 Å². The molecular weight excluding hydrogens is 393 g/mol. The Morgan fingerprint density at radius 2 is 1.89 bits per heavy atom. The number of carbonyl (C=O) groups excluding carboxylic acids is 1. The molecule has 0 heterocycles. The third-order valence-electron chi connectivity index (χ3n) is 4.61. The lowest BCUT2D eigenvalue weighted by Crippen LogP contribution is -2.31. The van der Waals surface area contributed by atoms with Crippen LogP contribution in [0.1, 0.15) is 42.0 Å². The number of fused-ring (bicyclic) bond motifs is 1. The van der Waals surface area contributed by atoms with Crippen LogP contribution in [0.25, 0.3) is 0 Å². The predicted octanol–water partition coefficient (Wildman–Crippen LogP) is 4.72. The fourth-order valence-electron chi connectivity index (χ4n) is 3.37. The molecule has 1 aliphatic carbocycles. The summed E-state index contributed by atoms with van der Waals surface area (Å²) in [5.74, 6) is -0.353. The van der Waals surface area contributed by atoms with Crippen LogP contribution in [0.15, 0.2) is 42.5 Å². The molecular formula is C20H22ClF3N2O2. The van der Waals surface area contributed by atoms with Gasteiger partial charge in [-0.05, 0) is 66.6 Å². The van der Waals surface area contributed by atoms with Crippen LogP contribution in [0.2, 0.25) is 0 Å². The van der Waals surface area contributed by atoms with Gasteiger partial charge < -0.3 is 15.8 Å². The van der Waals surface area contributed by atoms with Crippen molar-refractivity contribution in [1.29, 1.82) is 0 Å². The molecule has 3 rings (SSSR count). The number of nitrogens with two attached hydrogens (primary N) is 1. The Morgan fingerprint density at radius 3 is 2.57 bits per heavy atom. The van der Waals surface area contributed by atoms with Crippen molar-refractivity contribution in [3.63, 3.8) is 0 Å². The van der Waals surface area contributed by atoms with Crippen LogP contribution in [0.4, 0.5) is 18.9 Å². The van der Waals surface area contributed by atoms with E-state index < -0.39 is 6.36 Å². The molecule has 0 aliphatic heterocycles. The van der Waals surface area contributed by atoms with Gasteiger partial charge >= 0.3 is 6.36 Å². The lowest BCUT2D eigenvalue weighted by molar-refractivity contribution is -0.274. The minimum absolute atomic E-state index is 0. The highest BCUT2D eigenvalue weighted by atomic mass is 35.5. The normalized spacial score (nSPS) is 15.9. The van der Waals surface area contributed by atoms with Crippen LogP contribution in [0, 0.1) is 0 Å². The number of rotatable bonds is 5. The van der Waals surface area contributed by atoms with Crippen molar-refractivity contribution >= 4 is 24.0 Å². The van der Waals surface area contributed by atoms with E-state index in [2.05, 4.69) is 10.1 Å². The van der Waals surface area contributed by atoms with Gasteiger partial charge in [0.05, 0.1) is 6.04 Å². The van der Waals surface area contributed by atoms with Crippen LogP contribution in [-0.2, 0) is 17.6 Å². The van der Waals surface area contributed by atoms with Gasteiger partial charge in [-0.3, -0.25) is 4.79 Å². The minimum atomic E-state index is -4.71. The lowest BCUT2D eigenvalue weighted by atomic mass is 9.87. The fourth-order valence-corrected chi connectivity index (χ4v) is 3.37. The second-order valence-electron chi connectivity index (χ2n) is 6.66. The van der Waals surface area contributed by atoms with Crippen molar-refractivity contribution in [1.82, 2.24) is 5.32 Å². The molecule has 1 unspecified atom stereocenters. The van der Waals surface area contributed by atoms with E-state index in [1.165, 1.54) is 29.8 Å². The van der Waals surface area contributed by atoms with Crippen molar-refractivity contribution in [3.8, 4) is 5.75 Å². The number of amides is 1. The zero-order valence-corrected chi connectivity index (χ0v) is 15.9. The molecule has 8 heteroatoms. The van der Waals surface area contributed by atoms with Gasteiger partial charge in [0.15, 0.2) is 0 Å². The van der Waals surface area contributed by atoms with Gasteiger partial charge in [0.1, 0.15) is 5.75 Å². The van der Waals surface area contributed by atoms with Gasteiger partial charge in [0.25, 0.3) is 0 Å². The number of alkyl halides is 3. The van der Waals surface area contributed by atoms with Crippen LogP contribution in [-0.4, -0.2) is 12.3 Å². The molecule has 28 heavy (non-hydrogen) atoms. The average molecular weight is 415 g/mol. The minimum Gasteiger partial charge on any atom is -0.406 e. The Hall–Kier alpha value is -2.41. The van der Waals surface area contributed by atoms with Gasteiger partial charge in [-0.2, -0.15) is 0 Å². The van der Waals surface area contributed by atoms with Gasteiger partial charge in [-0.1, -0.05) is 18.2 Å². The van der Waals surface area contributed by atoms with E-state index in [0.29, 0.717) is 6.42 Å². The summed E-state index contributed by atoms with van der Waals surface area (Å²) in [6, 6.07) is 11.3. The number of hydrogen-bond donors (Lipinski definition) is 2. The largest absolute Gasteiger partial charge is 0.573 e. The first-order valence-electron chi connectivity index (χ1n) is 8.82. The molecule has 0 saturated carbocycles. The smallest absolute Gasteiger partial charge is 0.406 e. The van der Waals surface area contributed by atoms with Crippen molar-refractivity contribution in [2.75, 3.05) is 5.73 Å². The standard InChI is InChI=1S/C20H21F3N2O2.ClH/c21-20(22,23)27-16-8-4-13(5-9-16)6-11-19(26)25-18-3-1-2-14-12-15(24)7-10-17(14)18;/h4-5,7-10,12,18H,1-3,6,11,24H2,(H,25,26);1H. The van der Waals surface area contributed by atoms with E-state index in [4.69, 9.17) is 5.73 Å². The first-order valence-corrected chi connectivity index (χ1v) is 8.82. The number of anilines is 1. The summed E-state index contributed by atoms with van der Waals surface area (Å²) in [5, 5.41) is 3.05. The van der Waals surface area contributed by atoms with Crippen LogP contribution < -0.4 is 15.8 Å². The number of halogens is 4. The summed E-state index contributed by atoms with van der Waals surface area (Å²) in [4.78, 5) is 12.3. The average Bonchev–Trinajstić information content (AvgIpc) is 2.60. The first kappa shape index (κ1) is 21.9. The number of benzene rings is 2. The molecule has 1 atom stereocenters. The third kappa shape index (κ3) is 6.05. The third-order valence-corrected chi connectivity index (χ3v) is 4.61. The molecule has 0 spiro atoms. The van der Waals surface area contributed by atoms with Crippen molar-refractivity contribution in [2.24, 2.45) is 0 Å². The first-order chi connectivity index (χ1) is 12.8. The topological polar surface area (TPSA) is 64.3 Å². The zero-order valence-electron chi connectivity index (χ0n) is 15.1. The van der Waals surface area contributed by atoms with Crippen LogP contribution in [0.5, 0.6) is 5.75 Å². The lowest BCUT2D eigenvalue weighted by Gasteiger charge is -2.26. The summed E-state index contributed by atoms with van der Waals surface area (Å²) < 4.78 is 40.3. The molecule has 2 aromatic rings. The summed E-state index contributed by atoms with van der Waals surface area (Å²) >= 11 is 0. The number of aryl methyl sites for hydroxylation is 2. The van der Waals surface area contributed by atoms with Gasteiger partial charge in [-0.15, -0.1) is 25.6 Å². The molecule has 0 bridgehead atoms. The molecule has 0 saturated heterocycles. The van der Waals surface area contributed by atoms with E-state index in [0.717, 1.165) is 36.1 Å². The molecule has 152 valence electrons. The van der Waals surface area contributed by atoms with Crippen LogP contribution >= 0.6 is 12.4 Å². The van der Waals surface area contributed by atoms with E-state index in [1.54, 1.807) is 0 Å². The van der Waals surface area contributed by atoms with Crippen molar-refractivity contribution in [2.45, 2.75) is 44.5 Å². The van der Waals surface area contributed by atoms with E-state index in [-0.39, 0.29) is 36.5 Å². The molecule has 4 nitrogen and oxygen atoms in total. The Bertz CT molecular complexity index is 810. The molecule has 0 fully saturated rings. The number of nitrogens with one attached hydrogen (secondary N) is 1. The maximum atomic E-state index is 12.3. The Kier molecular flexibility index (Phi) is 7.18. The molecule has 3 N–H and O–H groups in total. The summed E-state index contributed by atoms with van der Waals surface area (Å²) in [6.45, 7) is 0. The summed E-state index contributed by atoms with van der Waals surface area (Å²) in [6.07, 6.45) is -1.17. The number of carbonyl (C=O) groups is 1. The highest BCUT2D eigenvalue weighted by Crippen LogP contribution is 2.31. The maximum Gasteiger partial charge on any atom is 0.573 e. The second kappa shape index (κ2) is 9.19. The maximum absolute atomic E-state index is 12.3. The van der Waals surface area contributed by atoms with Gasteiger partial charge in [0, 0.05) is 12.1 Å². The second-order valence-corrected chi connectivity index (χ2v) is 6.66. The number of hydrogen-bond acceptors (Lipinski definition) is 3. The van der Waals surface area contributed by atoms with Gasteiger partial charge in [0.2, 0.25) is 5.91 Å². The quantitative estimate of drug-likeness (QED) is 0.696. The van der Waals surface area contributed by atoms with E-state index in [9.17, 15) is 18.0 Å². The van der Waals surface area contributed by atoms with E-state index in [1.807, 2.05) is 18.2 Å². The van der Waals surface area contributed by atoms with Crippen molar-refractivity contribution < 1.29 is 22.7 Å². The molecule has 2 aromatic carbocycles. The van der Waals surface area contributed by atoms with E-state index >= 15 is 0 Å². The monoisotopic (exact) mass is 414 g/mol. The fraction of sp³-hybridized carbons (Fsp3) is 0.350. The zero-order chi connectivity index (χ0) is 19.4. The molecule has 1 aliphatic rings. The molecule has 0 aromatic heterocycles. The predicted molar refractivity (Wildman–Crippen MR) is 103 cm³/mol. The molecule has 1 amide bonds. The van der Waals surface area contributed by atoms with Crippen molar-refractivity contribution in [3.05, 3.63) is 59.2 Å². The summed E-state index contributed by atoms with van der Waals surface area (Å²) in [5.41, 5.74) is 9.60. The number of ether oxygens (including phenoxy) is 1. The Morgan fingerprint density at radius 1 is 1.18 bits per heavy atom. The SMILES string of the molecule is Cl.Nc1ccc2c(c1)CCCC2NC(=O)CCc1ccc(OC(F)(F)F)cc1. The van der Waals surface area contributed by atoms with Gasteiger partial charge in [-0.25, -0.2) is 0 Å². The number of nitrogen functional groups attached to an aromatic ring is 1. The highest BCUT2D eigenvalue weighted by molar-refractivity contribution is 5.85. The molecule has 0 radical (unpaired) electrons.